The molecule has 0 unspecified atom stereocenters. The third kappa shape index (κ3) is 111. The van der Waals surface area contributed by atoms with E-state index in [1.807, 2.05) is 0 Å². The van der Waals surface area contributed by atoms with Crippen LogP contribution in [0.15, 0.2) is 0 Å². The molecule has 0 atom stereocenters. The minimum absolute atomic E-state index is 1.19. The molecule has 5 heteroatoms. The standard InChI is InChI=1S/FO2S.Rh/c1-4(2)3;. The summed E-state index contributed by atoms with van der Waals surface area (Å²) in [7, 11) is -4.28. The van der Waals surface area contributed by atoms with E-state index in [-0.39, 0.29) is 0 Å². The summed E-state index contributed by atoms with van der Waals surface area (Å²) >= 11 is 1.19. The first-order valence-electron chi connectivity index (χ1n) is 0.624. The van der Waals surface area contributed by atoms with Gasteiger partial charge in [0.25, 0.3) is 0 Å². The van der Waals surface area contributed by atoms with E-state index in [0.29, 0.717) is 0 Å². The number of rotatable bonds is 0. The predicted octanol–water partition coefficient (Wildman–Crippen LogP) is -0.252. The van der Waals surface area contributed by atoms with Gasteiger partial charge in [-0.3, -0.25) is 0 Å². The van der Waals surface area contributed by atoms with E-state index in [4.69, 9.17) is 8.42 Å². The van der Waals surface area contributed by atoms with Gasteiger partial charge in [0.2, 0.25) is 0 Å². The first-order valence-corrected chi connectivity index (χ1v) is 3.88. The molecule has 0 saturated carbocycles. The van der Waals surface area contributed by atoms with Crippen molar-refractivity contribution in [3.8, 4) is 0 Å². The molecule has 0 radical (unpaired) electrons. The van der Waals surface area contributed by atoms with Gasteiger partial charge in [0, 0.05) is 0 Å². The Morgan fingerprint density at radius 3 is 1.60 bits per heavy atom. The van der Waals surface area contributed by atoms with E-state index >= 15 is 0 Å². The fourth-order valence-corrected chi connectivity index (χ4v) is 0. The molecule has 0 bridgehead atoms. The van der Waals surface area contributed by atoms with Crippen molar-refractivity contribution in [2.24, 2.45) is 0 Å². The van der Waals surface area contributed by atoms with Crippen molar-refractivity contribution in [2.75, 3.05) is 0 Å². The summed E-state index contributed by atoms with van der Waals surface area (Å²) in [6.45, 7) is 0. The Morgan fingerprint density at radius 1 is 1.60 bits per heavy atom. The molecule has 2 nitrogen and oxygen atoms in total. The van der Waals surface area contributed by atoms with Crippen LogP contribution in [-0.2, 0) is 25.3 Å². The maximum absolute atomic E-state index is 10.6. The second-order valence-electron chi connectivity index (χ2n) is 0.357. The molecular weight excluding hydrogens is 186 g/mol. The maximum atomic E-state index is 10.6. The molecule has 34 valence electrons. The second kappa shape index (κ2) is 1.31. The average molecular weight is 186 g/mol. The van der Waals surface area contributed by atoms with E-state index in [9.17, 15) is 3.89 Å². The van der Waals surface area contributed by atoms with E-state index in [2.05, 4.69) is 0 Å². The summed E-state index contributed by atoms with van der Waals surface area (Å²) in [4.78, 5) is 0. The molecule has 0 spiro atoms. The van der Waals surface area contributed by atoms with Crippen molar-refractivity contribution in [1.82, 2.24) is 0 Å². The van der Waals surface area contributed by atoms with E-state index in [0.717, 1.165) is 0 Å². The van der Waals surface area contributed by atoms with E-state index < -0.39 is 8.21 Å². The zero-order chi connectivity index (χ0) is 4.50. The Kier molecular flexibility index (Phi) is 1.44. The molecule has 0 heterocycles. The molecule has 0 saturated heterocycles. The van der Waals surface area contributed by atoms with Crippen molar-refractivity contribution in [3.63, 3.8) is 0 Å². The fourth-order valence-electron chi connectivity index (χ4n) is 0. The van der Waals surface area contributed by atoms with Crippen LogP contribution in [0.5, 0.6) is 0 Å². The van der Waals surface area contributed by atoms with Gasteiger partial charge in [-0.05, 0) is 0 Å². The van der Waals surface area contributed by atoms with Crippen molar-refractivity contribution in [3.05, 3.63) is 0 Å². The Labute approximate surface area is 38.1 Å². The first-order chi connectivity index (χ1) is 2.00. The van der Waals surface area contributed by atoms with Gasteiger partial charge in [0.05, 0.1) is 0 Å². The van der Waals surface area contributed by atoms with Crippen LogP contribution < -0.4 is 0 Å². The molecule has 5 heavy (non-hydrogen) atoms. The van der Waals surface area contributed by atoms with Crippen LogP contribution in [0.25, 0.3) is 0 Å². The van der Waals surface area contributed by atoms with Crippen LogP contribution in [0.1, 0.15) is 0 Å². The quantitative estimate of drug-likeness (QED) is 0.386. The Balaban J connectivity index is 4.06. The minimum atomic E-state index is -4.28. The van der Waals surface area contributed by atoms with Crippen LogP contribution in [0.4, 0.5) is 3.89 Å². The Bertz CT molecular complexity index is 92.8. The van der Waals surface area contributed by atoms with Crippen molar-refractivity contribution >= 4 is 8.21 Å². The van der Waals surface area contributed by atoms with Gasteiger partial charge in [-0.2, -0.15) is 0 Å². The Morgan fingerprint density at radius 2 is 1.60 bits per heavy atom. The summed E-state index contributed by atoms with van der Waals surface area (Å²) in [5.41, 5.74) is 0. The zero-order valence-corrected chi connectivity index (χ0v) is 4.39. The SMILES string of the molecule is O=[S](=O)(F)[Rh]. The normalized spacial score (nSPS) is 11.8. The number of halogens is 1. The molecule has 0 aromatic rings. The van der Waals surface area contributed by atoms with E-state index in [1.165, 1.54) is 17.1 Å². The monoisotopic (exact) mass is 186 g/mol. The van der Waals surface area contributed by atoms with Crippen molar-refractivity contribution < 1.29 is 29.4 Å². The van der Waals surface area contributed by atoms with Gasteiger partial charge in [-0.25, -0.2) is 0 Å². The summed E-state index contributed by atoms with van der Waals surface area (Å²) in [6, 6.07) is 0. The van der Waals surface area contributed by atoms with Crippen LogP contribution in [0.3, 0.4) is 0 Å². The average Bonchev–Trinajstić information content (AvgIpc) is 0.722. The van der Waals surface area contributed by atoms with Gasteiger partial charge in [-0.15, -0.1) is 0 Å². The van der Waals surface area contributed by atoms with Gasteiger partial charge < -0.3 is 0 Å². The second-order valence-corrected chi connectivity index (χ2v) is 3.47. The summed E-state index contributed by atoms with van der Waals surface area (Å²) in [5.74, 6) is 0. The van der Waals surface area contributed by atoms with Crippen LogP contribution in [0.2, 0.25) is 0 Å². The predicted molar refractivity (Wildman–Crippen MR) is 10.0 cm³/mol. The molecule has 0 rings (SSSR count). The zero-order valence-electron chi connectivity index (χ0n) is 1.94. The van der Waals surface area contributed by atoms with Crippen LogP contribution >= 0.6 is 0 Å². The number of hydrogen-bond acceptors (Lipinski definition) is 2. The molecule has 0 aliphatic heterocycles. The van der Waals surface area contributed by atoms with Crippen LogP contribution in [-0.4, -0.2) is 8.42 Å². The molecule has 0 aliphatic carbocycles. The first kappa shape index (κ1) is 5.50. The van der Waals surface area contributed by atoms with Gasteiger partial charge in [-0.1, -0.05) is 0 Å². The summed E-state index contributed by atoms with van der Waals surface area (Å²) in [6.07, 6.45) is 0. The van der Waals surface area contributed by atoms with Crippen LogP contribution in [0, 0.1) is 0 Å². The molecule has 0 aromatic carbocycles. The van der Waals surface area contributed by atoms with E-state index in [1.54, 1.807) is 0 Å². The summed E-state index contributed by atoms with van der Waals surface area (Å²) < 4.78 is 28.4. The molecule has 0 aliphatic rings. The van der Waals surface area contributed by atoms with Crippen molar-refractivity contribution in [1.29, 1.82) is 0 Å². The molecule has 0 fully saturated rings. The van der Waals surface area contributed by atoms with Gasteiger partial charge in [0.1, 0.15) is 0 Å². The third-order valence-corrected chi connectivity index (χ3v) is 0. The van der Waals surface area contributed by atoms with Crippen molar-refractivity contribution in [2.45, 2.75) is 0 Å². The molecule has 0 N–H and O–H groups in total. The van der Waals surface area contributed by atoms with Gasteiger partial charge in [0.15, 0.2) is 0 Å². The Hall–Kier alpha value is 0.503. The third-order valence-electron chi connectivity index (χ3n) is 0. The van der Waals surface area contributed by atoms with Gasteiger partial charge >= 0.3 is 37.6 Å². The number of hydrogen-bond donors (Lipinski definition) is 0. The fraction of sp³-hybridized carbons (Fsp3) is 0. The molecular formula is FO2RhS. The topological polar surface area (TPSA) is 34.1 Å². The molecule has 0 aromatic heterocycles. The molecule has 0 amide bonds. The summed E-state index contributed by atoms with van der Waals surface area (Å²) in [5, 5.41) is 0.